The van der Waals surface area contributed by atoms with Crippen LogP contribution >= 0.6 is 0 Å². The summed E-state index contributed by atoms with van der Waals surface area (Å²) in [6.07, 6.45) is 6.23. The molecule has 4 rings (SSSR count). The first-order valence-electron chi connectivity index (χ1n) is 7.95. The average Bonchev–Trinajstić information content (AvgIpc) is 3.44. The van der Waals surface area contributed by atoms with Crippen LogP contribution in [0.25, 0.3) is 0 Å². The van der Waals surface area contributed by atoms with E-state index in [0.29, 0.717) is 12.0 Å². The van der Waals surface area contributed by atoms with Crippen molar-refractivity contribution in [3.63, 3.8) is 0 Å². The molecule has 2 aromatic rings. The molecule has 2 fully saturated rings. The van der Waals surface area contributed by atoms with E-state index in [-0.39, 0.29) is 11.8 Å². The molecule has 1 aromatic heterocycles. The molecule has 2 saturated carbocycles. The number of benzene rings is 1. The predicted molar refractivity (Wildman–Crippen MR) is 81.8 cm³/mol. The molecule has 1 heterocycles. The number of aryl methyl sites for hydroxylation is 2. The third-order valence-corrected chi connectivity index (χ3v) is 5.00. The predicted octanol–water partition coefficient (Wildman–Crippen LogP) is 1.94. The molecule has 1 amide bonds. The van der Waals surface area contributed by atoms with Crippen molar-refractivity contribution in [2.24, 2.45) is 11.3 Å². The fraction of sp³-hybridized carbons (Fsp3) is 0.471. The maximum Gasteiger partial charge on any atom is 0.224 e. The van der Waals surface area contributed by atoms with Crippen molar-refractivity contribution in [3.8, 4) is 0 Å². The van der Waals surface area contributed by atoms with Gasteiger partial charge < -0.3 is 9.88 Å². The standard InChI is InChI=1S/C17H20N4O/c22-16(14-10-17(14)7-8-17)18-11-15-20-19-12-21(15)9-6-13-4-2-1-3-5-13/h1-5,12,14H,6-11H2,(H,18,22)/t14-/m1/s1. The minimum atomic E-state index is 0.190. The highest BCUT2D eigenvalue weighted by Crippen LogP contribution is 2.70. The van der Waals surface area contributed by atoms with Crippen LogP contribution in [0.15, 0.2) is 36.7 Å². The summed E-state index contributed by atoms with van der Waals surface area (Å²) in [5.41, 5.74) is 1.70. The van der Waals surface area contributed by atoms with E-state index in [1.165, 1.54) is 18.4 Å². The second-order valence-corrected chi connectivity index (χ2v) is 6.51. The first-order valence-corrected chi connectivity index (χ1v) is 7.95. The number of nitrogens with one attached hydrogen (secondary N) is 1. The van der Waals surface area contributed by atoms with Gasteiger partial charge in [0.25, 0.3) is 0 Å². The fourth-order valence-corrected chi connectivity index (χ4v) is 3.22. The third kappa shape index (κ3) is 2.63. The Kier molecular flexibility index (Phi) is 3.21. The van der Waals surface area contributed by atoms with E-state index in [1.54, 1.807) is 6.33 Å². The molecule has 0 saturated heterocycles. The lowest BCUT2D eigenvalue weighted by atomic mass is 10.1. The van der Waals surface area contributed by atoms with Gasteiger partial charge in [0, 0.05) is 12.5 Å². The summed E-state index contributed by atoms with van der Waals surface area (Å²) in [7, 11) is 0. The number of aromatic nitrogens is 3. The zero-order chi connectivity index (χ0) is 15.0. The Balaban J connectivity index is 1.31. The largest absolute Gasteiger partial charge is 0.349 e. The summed E-state index contributed by atoms with van der Waals surface area (Å²) in [6.45, 7) is 1.30. The highest BCUT2D eigenvalue weighted by Gasteiger charge is 2.65. The monoisotopic (exact) mass is 296 g/mol. The van der Waals surface area contributed by atoms with Crippen molar-refractivity contribution in [1.29, 1.82) is 0 Å². The van der Waals surface area contributed by atoms with Crippen molar-refractivity contribution in [2.45, 2.75) is 38.8 Å². The molecule has 2 aliphatic rings. The fourth-order valence-electron chi connectivity index (χ4n) is 3.22. The molecular formula is C17H20N4O. The van der Waals surface area contributed by atoms with Crippen molar-refractivity contribution in [3.05, 3.63) is 48.0 Å². The first kappa shape index (κ1) is 13.5. The molecule has 0 aliphatic heterocycles. The minimum absolute atomic E-state index is 0.190. The van der Waals surface area contributed by atoms with Gasteiger partial charge in [-0.1, -0.05) is 30.3 Å². The second-order valence-electron chi connectivity index (χ2n) is 6.51. The van der Waals surface area contributed by atoms with Crippen LogP contribution in [-0.2, 0) is 24.3 Å². The highest BCUT2D eigenvalue weighted by atomic mass is 16.2. The molecule has 2 aliphatic carbocycles. The molecule has 5 heteroatoms. The van der Waals surface area contributed by atoms with Crippen LogP contribution in [0, 0.1) is 11.3 Å². The smallest absolute Gasteiger partial charge is 0.224 e. The zero-order valence-corrected chi connectivity index (χ0v) is 12.5. The quantitative estimate of drug-likeness (QED) is 0.886. The van der Waals surface area contributed by atoms with Crippen molar-refractivity contribution in [1.82, 2.24) is 20.1 Å². The lowest BCUT2D eigenvalue weighted by molar-refractivity contribution is -0.122. The van der Waals surface area contributed by atoms with Crippen LogP contribution in [0.4, 0.5) is 0 Å². The third-order valence-electron chi connectivity index (χ3n) is 5.00. The van der Waals surface area contributed by atoms with Gasteiger partial charge in [0.05, 0.1) is 6.54 Å². The van der Waals surface area contributed by atoms with E-state index in [9.17, 15) is 4.79 Å². The summed E-state index contributed by atoms with van der Waals surface area (Å²) in [6, 6.07) is 10.4. The van der Waals surface area contributed by atoms with Gasteiger partial charge in [0.15, 0.2) is 5.82 Å². The number of hydrogen-bond acceptors (Lipinski definition) is 3. The van der Waals surface area contributed by atoms with Crippen molar-refractivity contribution < 1.29 is 4.79 Å². The maximum absolute atomic E-state index is 12.1. The maximum atomic E-state index is 12.1. The number of nitrogens with zero attached hydrogens (tertiary/aromatic N) is 3. The minimum Gasteiger partial charge on any atom is -0.349 e. The van der Waals surface area contributed by atoms with E-state index in [2.05, 4.69) is 27.6 Å². The van der Waals surface area contributed by atoms with Gasteiger partial charge in [-0.05, 0) is 36.7 Å². The molecule has 0 unspecified atom stereocenters. The Morgan fingerprint density at radius 2 is 2.14 bits per heavy atom. The van der Waals surface area contributed by atoms with E-state index in [1.807, 2.05) is 22.8 Å². The lowest BCUT2D eigenvalue weighted by Gasteiger charge is -2.08. The molecule has 0 bridgehead atoms. The molecular weight excluding hydrogens is 276 g/mol. The van der Waals surface area contributed by atoms with Crippen LogP contribution in [0.3, 0.4) is 0 Å². The second kappa shape index (κ2) is 5.23. The van der Waals surface area contributed by atoms with Gasteiger partial charge in [-0.25, -0.2) is 0 Å². The van der Waals surface area contributed by atoms with E-state index in [0.717, 1.165) is 25.2 Å². The Labute approximate surface area is 129 Å². The Morgan fingerprint density at radius 3 is 2.86 bits per heavy atom. The van der Waals surface area contributed by atoms with Crippen molar-refractivity contribution >= 4 is 5.91 Å². The molecule has 1 N–H and O–H groups in total. The summed E-state index contributed by atoms with van der Waals surface area (Å²) in [5, 5.41) is 11.1. The van der Waals surface area contributed by atoms with Gasteiger partial charge in [0.2, 0.25) is 5.91 Å². The zero-order valence-electron chi connectivity index (χ0n) is 12.5. The van der Waals surface area contributed by atoms with Crippen LogP contribution in [0.5, 0.6) is 0 Å². The lowest BCUT2D eigenvalue weighted by Crippen LogP contribution is -2.27. The topological polar surface area (TPSA) is 59.8 Å². The number of carbonyl (C=O) groups is 1. The normalized spacial score (nSPS) is 20.8. The Hall–Kier alpha value is -2.17. The van der Waals surface area contributed by atoms with Gasteiger partial charge in [-0.3, -0.25) is 4.79 Å². The summed E-state index contributed by atoms with van der Waals surface area (Å²) >= 11 is 0. The number of amides is 1. The average molecular weight is 296 g/mol. The number of carbonyl (C=O) groups excluding carboxylic acids is 1. The molecule has 1 spiro atoms. The molecule has 0 radical (unpaired) electrons. The van der Waals surface area contributed by atoms with Gasteiger partial charge in [-0.2, -0.15) is 0 Å². The van der Waals surface area contributed by atoms with E-state index >= 15 is 0 Å². The first-order chi connectivity index (χ1) is 10.8. The summed E-state index contributed by atoms with van der Waals surface area (Å²) in [5.74, 6) is 1.28. The molecule has 114 valence electrons. The highest BCUT2D eigenvalue weighted by molar-refractivity contribution is 5.83. The van der Waals surface area contributed by atoms with E-state index in [4.69, 9.17) is 0 Å². The van der Waals surface area contributed by atoms with Gasteiger partial charge >= 0.3 is 0 Å². The van der Waals surface area contributed by atoms with E-state index < -0.39 is 0 Å². The van der Waals surface area contributed by atoms with Crippen LogP contribution in [-0.4, -0.2) is 20.7 Å². The molecule has 1 aromatic carbocycles. The van der Waals surface area contributed by atoms with Crippen LogP contribution in [0.2, 0.25) is 0 Å². The van der Waals surface area contributed by atoms with Crippen LogP contribution in [0.1, 0.15) is 30.7 Å². The molecule has 1 atom stereocenters. The number of hydrogen-bond donors (Lipinski definition) is 1. The Bertz CT molecular complexity index is 675. The SMILES string of the molecule is O=C(NCc1nncn1CCc1ccccc1)[C@H]1CC12CC2. The number of rotatable bonds is 6. The van der Waals surface area contributed by atoms with Crippen molar-refractivity contribution in [2.75, 3.05) is 0 Å². The van der Waals surface area contributed by atoms with Gasteiger partial charge in [0.1, 0.15) is 6.33 Å². The van der Waals surface area contributed by atoms with Gasteiger partial charge in [-0.15, -0.1) is 10.2 Å². The molecule has 22 heavy (non-hydrogen) atoms. The summed E-state index contributed by atoms with van der Waals surface area (Å²) < 4.78 is 2.02. The Morgan fingerprint density at radius 1 is 1.32 bits per heavy atom. The molecule has 5 nitrogen and oxygen atoms in total. The summed E-state index contributed by atoms with van der Waals surface area (Å²) in [4.78, 5) is 12.1. The van der Waals surface area contributed by atoms with Crippen LogP contribution < -0.4 is 5.32 Å².